The maximum absolute atomic E-state index is 13.1. The minimum atomic E-state index is -2.22. The molecule has 0 aliphatic rings. The van der Waals surface area contributed by atoms with Gasteiger partial charge in [-0.15, -0.1) is 0 Å². The van der Waals surface area contributed by atoms with Crippen molar-refractivity contribution in [3.63, 3.8) is 0 Å². The predicted octanol–water partition coefficient (Wildman–Crippen LogP) is 10.1. The van der Waals surface area contributed by atoms with Gasteiger partial charge in [0.15, 0.2) is 22.4 Å². The molecule has 6 nitrogen and oxygen atoms in total. The maximum Gasteiger partial charge on any atom is 0.305 e. The molecule has 0 bridgehead atoms. The number of unbranched alkanes of at least 4 members (excludes halogenated alkanes) is 2. The number of hydrogen-bond donors (Lipinski definition) is 0. The third-order valence-electron chi connectivity index (χ3n) is 9.52. The first-order valence-electron chi connectivity index (χ1n) is 16.4. The number of carbonyl (C=O) groups is 2. The van der Waals surface area contributed by atoms with Gasteiger partial charge in [0.1, 0.15) is 5.69 Å². The normalized spacial score (nSPS) is 14.6. The predicted molar refractivity (Wildman–Crippen MR) is 189 cm³/mol. The fraction of sp³-hybridized carbons (Fsp3) is 0.639. The van der Waals surface area contributed by atoms with Gasteiger partial charge in [0.25, 0.3) is 0 Å². The van der Waals surface area contributed by atoms with Crippen molar-refractivity contribution >= 4 is 45.2 Å². The summed E-state index contributed by atoms with van der Waals surface area (Å²) in [6.07, 6.45) is 10.6. The lowest BCUT2D eigenvalue weighted by Gasteiger charge is -2.44. The van der Waals surface area contributed by atoms with Crippen LogP contribution in [0.4, 0.5) is 0 Å². The van der Waals surface area contributed by atoms with E-state index in [1.54, 1.807) is 0 Å². The highest BCUT2D eigenvalue weighted by Gasteiger charge is 2.44. The second kappa shape index (κ2) is 15.9. The van der Waals surface area contributed by atoms with Crippen molar-refractivity contribution < 1.29 is 23.2 Å². The van der Waals surface area contributed by atoms with Crippen LogP contribution in [-0.2, 0) is 18.4 Å². The molecule has 1 unspecified atom stereocenters. The van der Waals surface area contributed by atoms with Crippen LogP contribution in [0.3, 0.4) is 0 Å². The number of hydrogen-bond acceptors (Lipinski definition) is 6. The van der Waals surface area contributed by atoms with Gasteiger partial charge in [-0.25, -0.2) is 0 Å². The van der Waals surface area contributed by atoms with Crippen molar-refractivity contribution in [2.45, 2.75) is 142 Å². The molecule has 1 heterocycles. The third-order valence-corrected chi connectivity index (χ3v) is 18.5. The summed E-state index contributed by atoms with van der Waals surface area (Å²) in [6, 6.07) is 8.02. The van der Waals surface area contributed by atoms with Crippen LogP contribution in [0.1, 0.15) is 109 Å². The molecule has 0 spiro atoms. The Morgan fingerprint density at radius 1 is 0.864 bits per heavy atom. The Balaban J connectivity index is 2.60. The molecule has 0 aliphatic carbocycles. The van der Waals surface area contributed by atoms with Crippen LogP contribution in [0.25, 0.3) is 16.8 Å². The molecule has 1 aromatic carbocycles. The van der Waals surface area contributed by atoms with Crippen molar-refractivity contribution in [3.8, 4) is 0 Å². The standard InChI is InChI=1S/C36H59NO5Si2/c1-13-14-15-21-30(38)34-29-20-17-16-19-28(29)27(26-37-34)24-25-32(42-44(11,12)36(5,6)7)31(22-18-23-33(39)40-8)41-43(9,10)35(2,3)4/h16-17,19-20,24-26,31-32H,13-15,18,21-23H2,1-12H3/b25-24+/t31?,32-/m1/s1. The summed E-state index contributed by atoms with van der Waals surface area (Å²) < 4.78 is 19.1. The van der Waals surface area contributed by atoms with Crippen LogP contribution in [-0.4, -0.2) is 52.7 Å². The molecular weight excluding hydrogens is 583 g/mol. The van der Waals surface area contributed by atoms with Crippen LogP contribution in [0.15, 0.2) is 36.5 Å². The van der Waals surface area contributed by atoms with Gasteiger partial charge in [-0.3, -0.25) is 14.6 Å². The molecule has 8 heteroatoms. The van der Waals surface area contributed by atoms with Crippen LogP contribution >= 0.6 is 0 Å². The minimum Gasteiger partial charge on any atom is -0.469 e. The van der Waals surface area contributed by atoms with E-state index in [4.69, 9.17) is 13.6 Å². The Morgan fingerprint density at radius 3 is 2.02 bits per heavy atom. The van der Waals surface area contributed by atoms with Crippen LogP contribution in [0.5, 0.6) is 0 Å². The second-order valence-corrected chi connectivity index (χ2v) is 24.6. The number of ketones is 1. The summed E-state index contributed by atoms with van der Waals surface area (Å²) in [4.78, 5) is 29.8. The number of benzene rings is 1. The topological polar surface area (TPSA) is 74.7 Å². The molecule has 0 aliphatic heterocycles. The fourth-order valence-electron chi connectivity index (χ4n) is 4.57. The number of Topliss-reactive ketones (excluding diaryl/α,β-unsaturated/α-hetero) is 1. The lowest BCUT2D eigenvalue weighted by atomic mass is 9.99. The molecule has 2 atom stereocenters. The lowest BCUT2D eigenvalue weighted by Crippen LogP contribution is -2.51. The van der Waals surface area contributed by atoms with E-state index in [9.17, 15) is 9.59 Å². The molecule has 2 aromatic rings. The quantitative estimate of drug-likeness (QED) is 0.0786. The number of methoxy groups -OCH3 is 1. The summed E-state index contributed by atoms with van der Waals surface area (Å²) in [5.74, 6) is -0.117. The van der Waals surface area contributed by atoms with Crippen molar-refractivity contribution in [3.05, 3.63) is 47.8 Å². The first-order valence-corrected chi connectivity index (χ1v) is 22.2. The molecule has 1 aromatic heterocycles. The van der Waals surface area contributed by atoms with Crippen LogP contribution in [0, 0.1) is 0 Å². The monoisotopic (exact) mass is 641 g/mol. The average molecular weight is 642 g/mol. The highest BCUT2D eigenvalue weighted by molar-refractivity contribution is 6.74. The molecule has 0 amide bonds. The molecule has 2 rings (SSSR count). The fourth-order valence-corrected chi connectivity index (χ4v) is 7.20. The van der Waals surface area contributed by atoms with Crippen molar-refractivity contribution in [1.29, 1.82) is 0 Å². The molecule has 0 radical (unpaired) electrons. The molecule has 0 saturated heterocycles. The molecule has 44 heavy (non-hydrogen) atoms. The van der Waals surface area contributed by atoms with E-state index in [1.165, 1.54) is 7.11 Å². The Kier molecular flexibility index (Phi) is 13.8. The molecule has 0 saturated carbocycles. The number of ether oxygens (including phenoxy) is 1. The van der Waals surface area contributed by atoms with E-state index in [-0.39, 0.29) is 34.0 Å². The maximum atomic E-state index is 13.1. The average Bonchev–Trinajstić information content (AvgIpc) is 2.93. The summed E-state index contributed by atoms with van der Waals surface area (Å²) in [7, 11) is -2.98. The molecule has 0 fully saturated rings. The van der Waals surface area contributed by atoms with Gasteiger partial charge < -0.3 is 13.6 Å². The van der Waals surface area contributed by atoms with E-state index >= 15 is 0 Å². The number of esters is 1. The van der Waals surface area contributed by atoms with E-state index in [0.717, 1.165) is 35.6 Å². The number of fused-ring (bicyclic) bond motifs is 1. The van der Waals surface area contributed by atoms with E-state index in [1.807, 2.05) is 24.4 Å². The van der Waals surface area contributed by atoms with Gasteiger partial charge in [-0.05, 0) is 60.9 Å². The Labute approximate surface area is 269 Å². The molecule has 0 N–H and O–H groups in total. The highest BCUT2D eigenvalue weighted by atomic mass is 28.4. The number of rotatable bonds is 16. The first kappa shape index (κ1) is 38.0. The van der Waals surface area contributed by atoms with E-state index in [0.29, 0.717) is 31.4 Å². The van der Waals surface area contributed by atoms with Gasteiger partial charge in [0.05, 0.1) is 19.3 Å². The number of nitrogens with zero attached hydrogens (tertiary/aromatic N) is 1. The molecular formula is C36H59NO5Si2. The van der Waals surface area contributed by atoms with Crippen LogP contribution < -0.4 is 0 Å². The number of pyridine rings is 1. The zero-order valence-corrected chi connectivity index (χ0v) is 31.6. The number of carbonyl (C=O) groups excluding carboxylic acids is 2. The van der Waals surface area contributed by atoms with Gasteiger partial charge in [0.2, 0.25) is 0 Å². The van der Waals surface area contributed by atoms with Crippen molar-refractivity contribution in [2.24, 2.45) is 0 Å². The summed E-state index contributed by atoms with van der Waals surface area (Å²) >= 11 is 0. The largest absolute Gasteiger partial charge is 0.469 e. The summed E-state index contributed by atoms with van der Waals surface area (Å²) in [5, 5.41) is 1.89. The van der Waals surface area contributed by atoms with Gasteiger partial charge >= 0.3 is 5.97 Å². The highest BCUT2D eigenvalue weighted by Crippen LogP contribution is 2.41. The second-order valence-electron chi connectivity index (χ2n) is 15.1. The zero-order valence-electron chi connectivity index (χ0n) is 29.6. The van der Waals surface area contributed by atoms with Gasteiger partial charge in [0, 0.05) is 30.0 Å². The molecule has 246 valence electrons. The minimum absolute atomic E-state index is 0.000663. The Morgan fingerprint density at radius 2 is 1.45 bits per heavy atom. The van der Waals surface area contributed by atoms with Crippen LogP contribution in [0.2, 0.25) is 36.3 Å². The Hall–Kier alpha value is -2.14. The van der Waals surface area contributed by atoms with E-state index < -0.39 is 16.6 Å². The zero-order chi connectivity index (χ0) is 33.3. The van der Waals surface area contributed by atoms with Gasteiger partial charge in [-0.1, -0.05) is 97.7 Å². The SMILES string of the molecule is CCCCCC(=O)c1ncc(/C=C/[C@@H](O[Si](C)(C)C(C)(C)C)C(CCCC(=O)OC)O[Si](C)(C)C(C)(C)C)c2ccccc12. The third kappa shape index (κ3) is 10.5. The summed E-state index contributed by atoms with van der Waals surface area (Å²) in [6.45, 7) is 24.7. The summed E-state index contributed by atoms with van der Waals surface area (Å²) in [5.41, 5.74) is 1.49. The number of aromatic nitrogens is 1. The Bertz CT molecular complexity index is 1270. The van der Waals surface area contributed by atoms with Gasteiger partial charge in [-0.2, -0.15) is 0 Å². The smallest absolute Gasteiger partial charge is 0.305 e. The van der Waals surface area contributed by atoms with Crippen molar-refractivity contribution in [1.82, 2.24) is 4.98 Å². The van der Waals surface area contributed by atoms with Crippen molar-refractivity contribution in [2.75, 3.05) is 7.11 Å². The van der Waals surface area contributed by atoms with E-state index in [2.05, 4.69) is 97.9 Å². The first-order chi connectivity index (χ1) is 20.3. The lowest BCUT2D eigenvalue weighted by molar-refractivity contribution is -0.140.